The molecule has 24 heavy (non-hydrogen) atoms. The van der Waals surface area contributed by atoms with Crippen LogP contribution in [0, 0.1) is 0 Å². The molecule has 0 aliphatic rings. The van der Waals surface area contributed by atoms with Gasteiger partial charge in [0, 0.05) is 0 Å². The average Bonchev–Trinajstić information content (AvgIpc) is 2.64. The summed E-state index contributed by atoms with van der Waals surface area (Å²) in [4.78, 5) is 0. The van der Waals surface area contributed by atoms with Crippen molar-refractivity contribution in [3.63, 3.8) is 0 Å². The van der Waals surface area contributed by atoms with Crippen molar-refractivity contribution in [2.45, 2.75) is 12.2 Å². The van der Waals surface area contributed by atoms with E-state index < -0.39 is 12.2 Å². The molecule has 0 bridgehead atoms. The molecule has 2 aromatic carbocycles. The molecule has 2 rings (SSSR count). The Morgan fingerprint density at radius 2 is 1.04 bits per heavy atom. The fourth-order valence-corrected chi connectivity index (χ4v) is 2.20. The molecule has 2 atom stereocenters. The predicted molar refractivity (Wildman–Crippen MR) is 94.2 cm³/mol. The van der Waals surface area contributed by atoms with Crippen LogP contribution in [-0.2, 0) is 0 Å². The quantitative estimate of drug-likeness (QED) is 0.692. The Morgan fingerprint density at radius 1 is 0.708 bits per heavy atom. The van der Waals surface area contributed by atoms with Crippen molar-refractivity contribution in [1.29, 1.82) is 0 Å². The average molecular weight is 326 g/mol. The molecule has 0 fully saturated rings. The molecule has 0 amide bonds. The lowest BCUT2D eigenvalue weighted by Crippen LogP contribution is -2.10. The molecule has 4 nitrogen and oxygen atoms in total. The highest BCUT2D eigenvalue weighted by atomic mass is 16.5. The second kappa shape index (κ2) is 8.91. The summed E-state index contributed by atoms with van der Waals surface area (Å²) in [6.45, 7) is 8.02. The molecule has 2 N–H and O–H groups in total. The molecular formula is C20H22O4. The lowest BCUT2D eigenvalue weighted by atomic mass is 9.98. The molecule has 0 radical (unpaired) electrons. The number of aliphatic hydroxyl groups excluding tert-OH is 2. The first-order valence-electron chi connectivity index (χ1n) is 7.69. The van der Waals surface area contributed by atoms with Crippen LogP contribution in [-0.4, -0.2) is 23.4 Å². The normalized spacial score (nSPS) is 12.9. The van der Waals surface area contributed by atoms with E-state index >= 15 is 0 Å². The van der Waals surface area contributed by atoms with E-state index in [2.05, 4.69) is 13.2 Å². The Bertz CT molecular complexity index is 587. The van der Waals surface area contributed by atoms with Gasteiger partial charge in [-0.2, -0.15) is 0 Å². The minimum absolute atomic E-state index is 0.421. The Labute approximate surface area is 142 Å². The molecular weight excluding hydrogens is 304 g/mol. The van der Waals surface area contributed by atoms with Crippen molar-refractivity contribution >= 4 is 0 Å². The largest absolute Gasteiger partial charge is 0.490 e. The first-order valence-corrected chi connectivity index (χ1v) is 7.69. The Morgan fingerprint density at radius 3 is 1.33 bits per heavy atom. The third kappa shape index (κ3) is 4.72. The van der Waals surface area contributed by atoms with E-state index in [1.807, 2.05) is 0 Å². The van der Waals surface area contributed by atoms with Crippen LogP contribution >= 0.6 is 0 Å². The van der Waals surface area contributed by atoms with Gasteiger partial charge in [0.2, 0.25) is 0 Å². The second-order valence-corrected chi connectivity index (χ2v) is 5.23. The summed E-state index contributed by atoms with van der Waals surface area (Å²) in [6.07, 6.45) is 1.26. The maximum absolute atomic E-state index is 10.4. The summed E-state index contributed by atoms with van der Waals surface area (Å²) in [7, 11) is 0. The molecule has 2 aromatic rings. The van der Waals surface area contributed by atoms with E-state index in [0.717, 1.165) is 0 Å². The van der Waals surface area contributed by atoms with Gasteiger partial charge in [-0.05, 0) is 35.4 Å². The lowest BCUT2D eigenvalue weighted by molar-refractivity contribution is 0.0172. The third-order valence-corrected chi connectivity index (χ3v) is 3.48. The number of rotatable bonds is 9. The molecule has 0 saturated carbocycles. The molecule has 0 spiro atoms. The maximum atomic E-state index is 10.4. The minimum Gasteiger partial charge on any atom is -0.490 e. The van der Waals surface area contributed by atoms with Gasteiger partial charge in [-0.15, -0.1) is 0 Å². The van der Waals surface area contributed by atoms with Crippen molar-refractivity contribution in [2.24, 2.45) is 0 Å². The SMILES string of the molecule is C=CCOc1ccc([C@@H](O)[C@H](O)c2ccc(OCC=C)cc2)cc1. The Balaban J connectivity index is 2.03. The van der Waals surface area contributed by atoms with Crippen LogP contribution in [0.3, 0.4) is 0 Å². The lowest BCUT2D eigenvalue weighted by Gasteiger charge is -2.19. The second-order valence-electron chi connectivity index (χ2n) is 5.23. The third-order valence-electron chi connectivity index (χ3n) is 3.48. The molecule has 0 heterocycles. The van der Waals surface area contributed by atoms with E-state index in [1.165, 1.54) is 0 Å². The molecule has 126 valence electrons. The van der Waals surface area contributed by atoms with E-state index in [0.29, 0.717) is 35.8 Å². The summed E-state index contributed by atoms with van der Waals surface area (Å²) < 4.78 is 10.8. The zero-order chi connectivity index (χ0) is 17.4. The highest BCUT2D eigenvalue weighted by Gasteiger charge is 2.20. The van der Waals surface area contributed by atoms with Gasteiger partial charge < -0.3 is 19.7 Å². The number of hydrogen-bond donors (Lipinski definition) is 2. The van der Waals surface area contributed by atoms with Crippen LogP contribution in [0.1, 0.15) is 23.3 Å². The number of benzene rings is 2. The van der Waals surface area contributed by atoms with Gasteiger partial charge in [-0.25, -0.2) is 0 Å². The van der Waals surface area contributed by atoms with Crippen molar-refractivity contribution in [3.8, 4) is 11.5 Å². The highest BCUT2D eigenvalue weighted by molar-refractivity contribution is 5.33. The topological polar surface area (TPSA) is 58.9 Å². The Hall–Kier alpha value is -2.56. The van der Waals surface area contributed by atoms with Crippen molar-refractivity contribution in [1.82, 2.24) is 0 Å². The predicted octanol–water partition coefficient (Wildman–Crippen LogP) is 3.58. The van der Waals surface area contributed by atoms with Crippen LogP contribution in [0.25, 0.3) is 0 Å². The van der Waals surface area contributed by atoms with Gasteiger partial charge in [0.1, 0.15) is 36.9 Å². The van der Waals surface area contributed by atoms with Gasteiger partial charge in [0.05, 0.1) is 0 Å². The Kier molecular flexibility index (Phi) is 6.61. The van der Waals surface area contributed by atoms with Crippen LogP contribution in [0.2, 0.25) is 0 Å². The van der Waals surface area contributed by atoms with Crippen molar-refractivity contribution < 1.29 is 19.7 Å². The van der Waals surface area contributed by atoms with Gasteiger partial charge in [0.15, 0.2) is 0 Å². The first kappa shape index (κ1) is 17.8. The summed E-state index contributed by atoms with van der Waals surface area (Å²) in [5.41, 5.74) is 1.22. The van der Waals surface area contributed by atoms with Gasteiger partial charge in [-0.1, -0.05) is 49.6 Å². The van der Waals surface area contributed by atoms with Crippen LogP contribution in [0.15, 0.2) is 73.8 Å². The van der Waals surface area contributed by atoms with E-state index in [9.17, 15) is 10.2 Å². The van der Waals surface area contributed by atoms with Crippen LogP contribution in [0.4, 0.5) is 0 Å². The van der Waals surface area contributed by atoms with Gasteiger partial charge >= 0.3 is 0 Å². The monoisotopic (exact) mass is 326 g/mol. The summed E-state index contributed by atoms with van der Waals surface area (Å²) in [5.74, 6) is 1.37. The van der Waals surface area contributed by atoms with E-state index in [-0.39, 0.29) is 0 Å². The smallest absolute Gasteiger partial charge is 0.119 e. The summed E-state index contributed by atoms with van der Waals surface area (Å²) in [5, 5.41) is 20.7. The van der Waals surface area contributed by atoms with Crippen molar-refractivity contribution in [2.75, 3.05) is 13.2 Å². The van der Waals surface area contributed by atoms with E-state index in [4.69, 9.17) is 9.47 Å². The minimum atomic E-state index is -1.03. The molecule has 0 unspecified atom stereocenters. The molecule has 0 aliphatic heterocycles. The number of hydrogen-bond acceptors (Lipinski definition) is 4. The molecule has 0 saturated heterocycles. The zero-order valence-electron chi connectivity index (χ0n) is 13.5. The molecule has 0 aliphatic carbocycles. The highest BCUT2D eigenvalue weighted by Crippen LogP contribution is 2.30. The zero-order valence-corrected chi connectivity index (χ0v) is 13.5. The molecule has 0 aromatic heterocycles. The fraction of sp³-hybridized carbons (Fsp3) is 0.200. The maximum Gasteiger partial charge on any atom is 0.119 e. The van der Waals surface area contributed by atoms with Gasteiger partial charge in [0.25, 0.3) is 0 Å². The number of aliphatic hydroxyl groups is 2. The summed E-state index contributed by atoms with van der Waals surface area (Å²) >= 11 is 0. The van der Waals surface area contributed by atoms with Crippen molar-refractivity contribution in [3.05, 3.63) is 85.0 Å². The van der Waals surface area contributed by atoms with Crippen LogP contribution in [0.5, 0.6) is 11.5 Å². The summed E-state index contributed by atoms with van der Waals surface area (Å²) in [6, 6.07) is 13.9. The van der Waals surface area contributed by atoms with E-state index in [1.54, 1.807) is 60.7 Å². The number of ether oxygens (including phenoxy) is 2. The standard InChI is InChI=1S/C20H22O4/c1-3-13-23-17-9-5-15(6-10-17)19(21)20(22)16-7-11-18(12-8-16)24-14-4-2/h3-12,19-22H,1-2,13-14H2/t19-,20-/m1/s1. The van der Waals surface area contributed by atoms with Crippen LogP contribution < -0.4 is 9.47 Å². The molecule has 4 heteroatoms. The fourth-order valence-electron chi connectivity index (χ4n) is 2.20. The first-order chi connectivity index (χ1) is 11.7. The van der Waals surface area contributed by atoms with Gasteiger partial charge in [-0.3, -0.25) is 0 Å².